The maximum atomic E-state index is 12.8. The highest BCUT2D eigenvalue weighted by Gasteiger charge is 2.25. The first-order valence-corrected chi connectivity index (χ1v) is 7.02. The van der Waals surface area contributed by atoms with Gasteiger partial charge in [-0.1, -0.05) is 30.3 Å². The van der Waals surface area contributed by atoms with Crippen LogP contribution in [0.25, 0.3) is 10.9 Å². The van der Waals surface area contributed by atoms with E-state index in [1.54, 1.807) is 24.3 Å². The Morgan fingerprint density at radius 1 is 1.12 bits per heavy atom. The van der Waals surface area contributed by atoms with E-state index in [0.717, 1.165) is 4.68 Å². The Morgan fingerprint density at radius 2 is 1.79 bits per heavy atom. The van der Waals surface area contributed by atoms with Gasteiger partial charge in [0.15, 0.2) is 5.69 Å². The Bertz CT molecular complexity index is 977. The molecule has 0 radical (unpaired) electrons. The van der Waals surface area contributed by atoms with Gasteiger partial charge in [0.2, 0.25) is 0 Å². The van der Waals surface area contributed by atoms with Crippen molar-refractivity contribution in [2.24, 2.45) is 0 Å². The minimum absolute atomic E-state index is 0.0834. The van der Waals surface area contributed by atoms with Crippen molar-refractivity contribution in [2.45, 2.75) is 0 Å². The highest BCUT2D eigenvalue weighted by molar-refractivity contribution is 6.09. The number of rotatable bonds is 3. The molecule has 1 aromatic heterocycles. The molecule has 0 atom stereocenters. The van der Waals surface area contributed by atoms with Gasteiger partial charge in [0.25, 0.3) is 17.5 Å². The van der Waals surface area contributed by atoms with E-state index in [9.17, 15) is 19.7 Å². The number of amides is 1. The fourth-order valence-electron chi connectivity index (χ4n) is 2.44. The summed E-state index contributed by atoms with van der Waals surface area (Å²) in [5.41, 5.74) is 0.0714. The number of para-hydroxylation sites is 2. The van der Waals surface area contributed by atoms with E-state index in [0.29, 0.717) is 10.9 Å². The molecule has 1 amide bonds. The standard InChI is InChI=1S/C16H12N4O4/c1-17-15(21)14-10-6-2-4-8-12(10)19(18-14)16(22)11-7-3-5-9-13(11)20(23)24/h2-9H,1H3,(H,17,21). The highest BCUT2D eigenvalue weighted by Crippen LogP contribution is 2.23. The number of nitro groups is 1. The van der Waals surface area contributed by atoms with Crippen molar-refractivity contribution >= 4 is 28.4 Å². The van der Waals surface area contributed by atoms with E-state index in [4.69, 9.17) is 0 Å². The summed E-state index contributed by atoms with van der Waals surface area (Å²) in [6.45, 7) is 0. The van der Waals surface area contributed by atoms with E-state index < -0.39 is 16.7 Å². The predicted octanol–water partition coefficient (Wildman–Crippen LogP) is 1.99. The molecule has 0 saturated carbocycles. The van der Waals surface area contributed by atoms with E-state index >= 15 is 0 Å². The fraction of sp³-hybridized carbons (Fsp3) is 0.0625. The van der Waals surface area contributed by atoms with E-state index in [2.05, 4.69) is 10.4 Å². The molecule has 8 nitrogen and oxygen atoms in total. The second-order valence-electron chi connectivity index (χ2n) is 4.94. The lowest BCUT2D eigenvalue weighted by molar-refractivity contribution is -0.385. The SMILES string of the molecule is CNC(=O)c1nn(C(=O)c2ccccc2[N+](=O)[O-])c2ccccc12. The number of carbonyl (C=O) groups is 2. The Hall–Kier alpha value is -3.55. The van der Waals surface area contributed by atoms with Gasteiger partial charge in [-0.25, -0.2) is 0 Å². The van der Waals surface area contributed by atoms with Gasteiger partial charge in [0.05, 0.1) is 10.4 Å². The molecule has 0 aliphatic rings. The van der Waals surface area contributed by atoms with Crippen LogP contribution in [0.5, 0.6) is 0 Å². The largest absolute Gasteiger partial charge is 0.354 e. The number of nitrogens with one attached hydrogen (secondary N) is 1. The van der Waals surface area contributed by atoms with Gasteiger partial charge < -0.3 is 5.32 Å². The summed E-state index contributed by atoms with van der Waals surface area (Å²) in [7, 11) is 1.46. The molecular weight excluding hydrogens is 312 g/mol. The molecule has 0 aliphatic carbocycles. The summed E-state index contributed by atoms with van der Waals surface area (Å²) < 4.78 is 1.02. The molecule has 3 aromatic rings. The number of carbonyl (C=O) groups excluding carboxylic acids is 2. The number of nitro benzene ring substituents is 1. The quantitative estimate of drug-likeness (QED) is 0.585. The van der Waals surface area contributed by atoms with Crippen LogP contribution in [0.2, 0.25) is 0 Å². The third-order valence-electron chi connectivity index (χ3n) is 3.55. The number of aromatic nitrogens is 2. The molecule has 120 valence electrons. The summed E-state index contributed by atoms with van der Waals surface area (Å²) in [4.78, 5) is 35.3. The number of nitrogens with zero attached hydrogens (tertiary/aromatic N) is 3. The number of hydrogen-bond acceptors (Lipinski definition) is 5. The molecule has 0 unspecified atom stereocenters. The lowest BCUT2D eigenvalue weighted by Crippen LogP contribution is -2.20. The Labute approximate surface area is 135 Å². The minimum Gasteiger partial charge on any atom is -0.354 e. The van der Waals surface area contributed by atoms with Gasteiger partial charge in [-0.05, 0) is 12.1 Å². The molecule has 2 aromatic carbocycles. The Morgan fingerprint density at radius 3 is 2.50 bits per heavy atom. The first kappa shape index (κ1) is 15.3. The summed E-state index contributed by atoms with van der Waals surface area (Å²) in [5, 5.41) is 18.2. The topological polar surface area (TPSA) is 107 Å². The summed E-state index contributed by atoms with van der Waals surface area (Å²) in [6, 6.07) is 12.3. The normalized spacial score (nSPS) is 10.5. The van der Waals surface area contributed by atoms with Gasteiger partial charge in [-0.2, -0.15) is 9.78 Å². The molecule has 0 bridgehead atoms. The van der Waals surface area contributed by atoms with Gasteiger partial charge in [0.1, 0.15) is 5.56 Å². The fourth-order valence-corrected chi connectivity index (χ4v) is 2.44. The lowest BCUT2D eigenvalue weighted by Gasteiger charge is -2.03. The van der Waals surface area contributed by atoms with Gasteiger partial charge in [0, 0.05) is 18.5 Å². The van der Waals surface area contributed by atoms with Crippen LogP contribution in [0, 0.1) is 10.1 Å². The van der Waals surface area contributed by atoms with E-state index in [1.807, 2.05) is 0 Å². The lowest BCUT2D eigenvalue weighted by atomic mass is 10.1. The van der Waals surface area contributed by atoms with Crippen molar-refractivity contribution in [1.82, 2.24) is 15.1 Å². The van der Waals surface area contributed by atoms with Crippen molar-refractivity contribution in [1.29, 1.82) is 0 Å². The van der Waals surface area contributed by atoms with Gasteiger partial charge >= 0.3 is 0 Å². The van der Waals surface area contributed by atoms with Crippen LogP contribution in [-0.4, -0.2) is 33.6 Å². The first-order chi connectivity index (χ1) is 11.5. The predicted molar refractivity (Wildman–Crippen MR) is 85.9 cm³/mol. The van der Waals surface area contributed by atoms with Crippen LogP contribution in [0.3, 0.4) is 0 Å². The monoisotopic (exact) mass is 324 g/mol. The molecule has 0 aliphatic heterocycles. The van der Waals surface area contributed by atoms with Gasteiger partial charge in [-0.3, -0.25) is 19.7 Å². The van der Waals surface area contributed by atoms with Gasteiger partial charge in [-0.15, -0.1) is 0 Å². The number of fused-ring (bicyclic) bond motifs is 1. The van der Waals surface area contributed by atoms with Crippen molar-refractivity contribution in [3.63, 3.8) is 0 Å². The highest BCUT2D eigenvalue weighted by atomic mass is 16.6. The van der Waals surface area contributed by atoms with Crippen LogP contribution >= 0.6 is 0 Å². The zero-order chi connectivity index (χ0) is 17.3. The van der Waals surface area contributed by atoms with Crippen LogP contribution in [0.4, 0.5) is 5.69 Å². The third kappa shape index (κ3) is 2.39. The molecule has 3 rings (SSSR count). The van der Waals surface area contributed by atoms with E-state index in [1.165, 1.54) is 31.3 Å². The minimum atomic E-state index is -0.673. The van der Waals surface area contributed by atoms with Crippen molar-refractivity contribution < 1.29 is 14.5 Å². The van der Waals surface area contributed by atoms with Crippen molar-refractivity contribution in [2.75, 3.05) is 7.05 Å². The molecule has 24 heavy (non-hydrogen) atoms. The van der Waals surface area contributed by atoms with Crippen LogP contribution < -0.4 is 5.32 Å². The number of hydrogen-bond donors (Lipinski definition) is 1. The summed E-state index contributed by atoms with van der Waals surface area (Å²) >= 11 is 0. The third-order valence-corrected chi connectivity index (χ3v) is 3.55. The molecule has 8 heteroatoms. The molecule has 0 fully saturated rings. The molecule has 0 spiro atoms. The smallest absolute Gasteiger partial charge is 0.285 e. The average molecular weight is 324 g/mol. The Balaban J connectivity index is 2.22. The van der Waals surface area contributed by atoms with Crippen LogP contribution in [0.15, 0.2) is 48.5 Å². The van der Waals surface area contributed by atoms with Crippen molar-refractivity contribution in [3.05, 3.63) is 69.9 Å². The molecule has 0 saturated heterocycles. The zero-order valence-electron chi connectivity index (χ0n) is 12.6. The number of benzene rings is 2. The first-order valence-electron chi connectivity index (χ1n) is 7.02. The average Bonchev–Trinajstić information content (AvgIpc) is 3.00. The van der Waals surface area contributed by atoms with Crippen LogP contribution in [0.1, 0.15) is 20.8 Å². The second kappa shape index (κ2) is 5.92. The summed E-state index contributed by atoms with van der Waals surface area (Å²) in [6.07, 6.45) is 0. The molecular formula is C16H12N4O4. The molecule has 1 heterocycles. The Kier molecular flexibility index (Phi) is 3.78. The van der Waals surface area contributed by atoms with Crippen molar-refractivity contribution in [3.8, 4) is 0 Å². The maximum Gasteiger partial charge on any atom is 0.285 e. The molecule has 1 N–H and O–H groups in total. The maximum absolute atomic E-state index is 12.8. The van der Waals surface area contributed by atoms with Crippen LogP contribution in [-0.2, 0) is 0 Å². The summed E-state index contributed by atoms with van der Waals surface area (Å²) in [5.74, 6) is -1.12. The van der Waals surface area contributed by atoms with E-state index in [-0.39, 0.29) is 16.9 Å². The second-order valence-corrected chi connectivity index (χ2v) is 4.94. The zero-order valence-corrected chi connectivity index (χ0v) is 12.6.